The predicted molar refractivity (Wildman–Crippen MR) is 62.2 cm³/mol. The minimum atomic E-state index is 0.0492. The Bertz CT molecular complexity index is 465. The maximum Gasteiger partial charge on any atom is 0.240 e. The van der Waals surface area contributed by atoms with Gasteiger partial charge in [-0.05, 0) is 24.8 Å². The predicted octanol–water partition coefficient (Wildman–Crippen LogP) is 1.86. The highest BCUT2D eigenvalue weighted by molar-refractivity contribution is 6.07. The van der Waals surface area contributed by atoms with Crippen molar-refractivity contribution in [1.82, 2.24) is 5.43 Å². The second-order valence-electron chi connectivity index (χ2n) is 4.48. The number of nitrogens with one attached hydrogen (secondary N) is 1. The van der Waals surface area contributed by atoms with Gasteiger partial charge in [0.2, 0.25) is 5.91 Å². The van der Waals surface area contributed by atoms with Crippen molar-refractivity contribution in [3.05, 3.63) is 35.4 Å². The van der Waals surface area contributed by atoms with Crippen LogP contribution in [0.25, 0.3) is 0 Å². The molecule has 1 atom stereocenters. The standard InChI is InChI=1S/C13H14N2O/c16-12-8-10-6-3-5-9-4-1-2-7-11(9)13(10)15-14-12/h1-2,4,7,10H,3,5-6,8H2,(H,14,16)/t10-/m1/s1. The van der Waals surface area contributed by atoms with Crippen LogP contribution in [-0.4, -0.2) is 11.6 Å². The molecule has 1 aliphatic carbocycles. The molecular formula is C13H14N2O. The Kier molecular flexibility index (Phi) is 2.24. The fourth-order valence-corrected chi connectivity index (χ4v) is 2.63. The van der Waals surface area contributed by atoms with Gasteiger partial charge >= 0.3 is 0 Å². The van der Waals surface area contributed by atoms with Gasteiger partial charge in [-0.2, -0.15) is 5.10 Å². The zero-order chi connectivity index (χ0) is 11.0. The van der Waals surface area contributed by atoms with Crippen LogP contribution in [0.3, 0.4) is 0 Å². The molecule has 16 heavy (non-hydrogen) atoms. The lowest BCUT2D eigenvalue weighted by Crippen LogP contribution is -2.33. The van der Waals surface area contributed by atoms with Crippen LogP contribution < -0.4 is 5.43 Å². The summed E-state index contributed by atoms with van der Waals surface area (Å²) in [6, 6.07) is 8.39. The largest absolute Gasteiger partial charge is 0.273 e. The van der Waals surface area contributed by atoms with Crippen molar-refractivity contribution in [2.24, 2.45) is 11.0 Å². The molecule has 2 aliphatic rings. The van der Waals surface area contributed by atoms with E-state index in [9.17, 15) is 4.79 Å². The number of hydrogen-bond donors (Lipinski definition) is 1. The molecule has 3 heteroatoms. The number of nitrogens with zero attached hydrogens (tertiary/aromatic N) is 1. The molecule has 0 spiro atoms. The van der Waals surface area contributed by atoms with Crippen LogP contribution in [0.5, 0.6) is 0 Å². The minimum Gasteiger partial charge on any atom is -0.273 e. The van der Waals surface area contributed by atoms with Crippen LogP contribution in [0.4, 0.5) is 0 Å². The summed E-state index contributed by atoms with van der Waals surface area (Å²) in [5, 5.41) is 4.25. The second kappa shape index (κ2) is 3.74. The van der Waals surface area contributed by atoms with E-state index in [0.717, 1.165) is 25.0 Å². The highest BCUT2D eigenvalue weighted by Crippen LogP contribution is 2.28. The molecule has 1 amide bonds. The lowest BCUT2D eigenvalue weighted by Gasteiger charge is -2.21. The quantitative estimate of drug-likeness (QED) is 0.703. The Morgan fingerprint density at radius 3 is 3.12 bits per heavy atom. The zero-order valence-electron chi connectivity index (χ0n) is 9.07. The lowest BCUT2D eigenvalue weighted by molar-refractivity contribution is -0.122. The maximum atomic E-state index is 11.3. The molecule has 3 rings (SSSR count). The van der Waals surface area contributed by atoms with Gasteiger partial charge in [0, 0.05) is 17.9 Å². The zero-order valence-corrected chi connectivity index (χ0v) is 9.07. The van der Waals surface area contributed by atoms with Gasteiger partial charge in [-0.25, -0.2) is 5.43 Å². The third-order valence-corrected chi connectivity index (χ3v) is 3.41. The molecule has 0 fully saturated rings. The molecule has 1 aromatic carbocycles. The van der Waals surface area contributed by atoms with E-state index < -0.39 is 0 Å². The summed E-state index contributed by atoms with van der Waals surface area (Å²) >= 11 is 0. The molecule has 82 valence electrons. The second-order valence-corrected chi connectivity index (χ2v) is 4.48. The van der Waals surface area contributed by atoms with E-state index >= 15 is 0 Å². The number of carbonyl (C=O) groups is 1. The molecule has 0 aromatic heterocycles. The molecule has 0 saturated carbocycles. The van der Waals surface area contributed by atoms with Crippen molar-refractivity contribution in [2.45, 2.75) is 25.7 Å². The third-order valence-electron chi connectivity index (χ3n) is 3.41. The molecule has 3 nitrogen and oxygen atoms in total. The van der Waals surface area contributed by atoms with Gasteiger partial charge < -0.3 is 0 Å². The molecule has 0 radical (unpaired) electrons. The van der Waals surface area contributed by atoms with Gasteiger partial charge in [0.1, 0.15) is 0 Å². The smallest absolute Gasteiger partial charge is 0.240 e. The third kappa shape index (κ3) is 1.52. The van der Waals surface area contributed by atoms with Crippen LogP contribution in [0, 0.1) is 5.92 Å². The van der Waals surface area contributed by atoms with Gasteiger partial charge in [-0.15, -0.1) is 0 Å². The Morgan fingerprint density at radius 1 is 1.31 bits per heavy atom. The number of benzene rings is 1. The summed E-state index contributed by atoms with van der Waals surface area (Å²) in [5.74, 6) is 0.366. The van der Waals surface area contributed by atoms with Gasteiger partial charge in [0.25, 0.3) is 0 Å². The van der Waals surface area contributed by atoms with E-state index in [1.807, 2.05) is 6.07 Å². The van der Waals surface area contributed by atoms with E-state index in [1.54, 1.807) is 0 Å². The van der Waals surface area contributed by atoms with Crippen molar-refractivity contribution in [3.63, 3.8) is 0 Å². The first-order valence-corrected chi connectivity index (χ1v) is 5.79. The van der Waals surface area contributed by atoms with Gasteiger partial charge in [-0.1, -0.05) is 24.3 Å². The molecule has 0 saturated heterocycles. The molecule has 1 heterocycles. The number of rotatable bonds is 0. The van der Waals surface area contributed by atoms with E-state index in [-0.39, 0.29) is 5.91 Å². The fraction of sp³-hybridized carbons (Fsp3) is 0.385. The first-order valence-electron chi connectivity index (χ1n) is 5.79. The number of hydrazone groups is 1. The fourth-order valence-electron chi connectivity index (χ4n) is 2.63. The van der Waals surface area contributed by atoms with Crippen LogP contribution >= 0.6 is 0 Å². The van der Waals surface area contributed by atoms with Crippen LogP contribution in [0.15, 0.2) is 29.4 Å². The van der Waals surface area contributed by atoms with E-state index in [0.29, 0.717) is 12.3 Å². The molecular weight excluding hydrogens is 200 g/mol. The molecule has 1 N–H and O–H groups in total. The van der Waals surface area contributed by atoms with Crippen molar-refractivity contribution in [3.8, 4) is 0 Å². The summed E-state index contributed by atoms with van der Waals surface area (Å²) in [6.45, 7) is 0. The van der Waals surface area contributed by atoms with Gasteiger partial charge in [-0.3, -0.25) is 4.79 Å². The summed E-state index contributed by atoms with van der Waals surface area (Å²) in [7, 11) is 0. The van der Waals surface area contributed by atoms with E-state index in [4.69, 9.17) is 0 Å². The number of amides is 1. The molecule has 1 aromatic rings. The number of hydrogen-bond acceptors (Lipinski definition) is 2. The normalized spacial score (nSPS) is 23.6. The minimum absolute atomic E-state index is 0.0492. The first kappa shape index (κ1) is 9.58. The average Bonchev–Trinajstić information content (AvgIpc) is 2.47. The van der Waals surface area contributed by atoms with Crippen molar-refractivity contribution >= 4 is 11.6 Å². The summed E-state index contributed by atoms with van der Waals surface area (Å²) in [4.78, 5) is 11.3. The number of fused-ring (bicyclic) bond motifs is 3. The van der Waals surface area contributed by atoms with E-state index in [1.165, 1.54) is 11.1 Å². The van der Waals surface area contributed by atoms with Crippen LogP contribution in [0.2, 0.25) is 0 Å². The summed E-state index contributed by atoms with van der Waals surface area (Å²) < 4.78 is 0. The topological polar surface area (TPSA) is 41.5 Å². The average molecular weight is 214 g/mol. The number of aryl methyl sites for hydroxylation is 1. The van der Waals surface area contributed by atoms with Crippen molar-refractivity contribution in [2.75, 3.05) is 0 Å². The maximum absolute atomic E-state index is 11.3. The van der Waals surface area contributed by atoms with Crippen LogP contribution in [-0.2, 0) is 11.2 Å². The van der Waals surface area contributed by atoms with Gasteiger partial charge in [0.15, 0.2) is 0 Å². The molecule has 0 unspecified atom stereocenters. The highest BCUT2D eigenvalue weighted by atomic mass is 16.2. The molecule has 0 bridgehead atoms. The monoisotopic (exact) mass is 214 g/mol. The van der Waals surface area contributed by atoms with Crippen molar-refractivity contribution in [1.29, 1.82) is 0 Å². The number of carbonyl (C=O) groups excluding carboxylic acids is 1. The van der Waals surface area contributed by atoms with Gasteiger partial charge in [0.05, 0.1) is 5.71 Å². The Balaban J connectivity index is 2.09. The first-order chi connectivity index (χ1) is 7.84. The summed E-state index contributed by atoms with van der Waals surface area (Å²) in [5.41, 5.74) is 6.26. The Morgan fingerprint density at radius 2 is 2.19 bits per heavy atom. The Labute approximate surface area is 94.6 Å². The van der Waals surface area contributed by atoms with Crippen LogP contribution in [0.1, 0.15) is 30.4 Å². The lowest BCUT2D eigenvalue weighted by atomic mass is 9.90. The van der Waals surface area contributed by atoms with Crippen molar-refractivity contribution < 1.29 is 4.79 Å². The van der Waals surface area contributed by atoms with E-state index in [2.05, 4.69) is 28.7 Å². The summed E-state index contributed by atoms with van der Waals surface area (Å²) in [6.07, 6.45) is 3.90. The SMILES string of the molecule is O=C1C[C@H]2CCCc3ccccc3C2=NN1. The molecule has 1 aliphatic heterocycles. The highest BCUT2D eigenvalue weighted by Gasteiger charge is 2.28. The Hall–Kier alpha value is -1.64.